The van der Waals surface area contributed by atoms with E-state index in [0.29, 0.717) is 29.5 Å². The number of fused-ring (bicyclic) bond motifs is 1. The van der Waals surface area contributed by atoms with E-state index < -0.39 is 17.3 Å². The summed E-state index contributed by atoms with van der Waals surface area (Å²) >= 11 is 0. The highest BCUT2D eigenvalue weighted by atomic mass is 16.4. The van der Waals surface area contributed by atoms with E-state index >= 15 is 0 Å². The normalized spacial score (nSPS) is 14.3. The van der Waals surface area contributed by atoms with Crippen LogP contribution in [0.25, 0.3) is 17.8 Å². The van der Waals surface area contributed by atoms with Crippen LogP contribution in [0.4, 0.5) is 0 Å². The van der Waals surface area contributed by atoms with Crippen LogP contribution in [0.15, 0.2) is 15.4 Å². The third-order valence-corrected chi connectivity index (χ3v) is 4.54. The molecular formula is C19H22N6O4. The number of aryl methyl sites for hydroxylation is 1. The van der Waals surface area contributed by atoms with Gasteiger partial charge >= 0.3 is 0 Å². The van der Waals surface area contributed by atoms with Crippen molar-refractivity contribution in [1.82, 2.24) is 29.7 Å². The maximum Gasteiger partial charge on any atom is 0.270 e. The summed E-state index contributed by atoms with van der Waals surface area (Å²) in [5.74, 6) is -0.181. The fourth-order valence-electron chi connectivity index (χ4n) is 3.09. The fraction of sp³-hybridized carbons (Fsp3) is 0.421. The van der Waals surface area contributed by atoms with Gasteiger partial charge in [-0.2, -0.15) is 9.61 Å². The SMILES string of the molecule is Cc1nnc(C=Cc2cnn3c(O)c(C(=O)NC4CC4)c(=O)n(CC(C)C)c23)o1. The quantitative estimate of drug-likeness (QED) is 0.646. The van der Waals surface area contributed by atoms with Gasteiger partial charge in [-0.15, -0.1) is 10.2 Å². The van der Waals surface area contributed by atoms with E-state index in [1.807, 2.05) is 13.8 Å². The molecule has 0 aliphatic heterocycles. The van der Waals surface area contributed by atoms with Crippen molar-refractivity contribution in [3.8, 4) is 5.88 Å². The number of rotatable bonds is 6. The summed E-state index contributed by atoms with van der Waals surface area (Å²) < 4.78 is 8.01. The maximum atomic E-state index is 13.1. The minimum absolute atomic E-state index is 0.0597. The molecule has 0 aromatic carbocycles. The molecule has 1 aliphatic carbocycles. The monoisotopic (exact) mass is 398 g/mol. The van der Waals surface area contributed by atoms with Crippen LogP contribution in [0.3, 0.4) is 0 Å². The molecule has 3 aromatic heterocycles. The highest BCUT2D eigenvalue weighted by molar-refractivity contribution is 5.96. The lowest BCUT2D eigenvalue weighted by molar-refractivity contribution is 0.0944. The molecule has 3 aromatic rings. The first kappa shape index (κ1) is 18.9. The predicted molar refractivity (Wildman–Crippen MR) is 104 cm³/mol. The molecule has 152 valence electrons. The standard InChI is InChI=1S/C19H22N6O4/c1-10(2)9-24-17-12(4-7-14-23-22-11(3)29-14)8-20-25(17)19(28)15(18(24)27)16(26)21-13-5-6-13/h4,7-8,10,13,28H,5-6,9H2,1-3H3,(H,21,26). The molecule has 0 radical (unpaired) electrons. The van der Waals surface area contributed by atoms with Gasteiger partial charge in [0.05, 0.1) is 6.20 Å². The molecule has 0 unspecified atom stereocenters. The van der Waals surface area contributed by atoms with Gasteiger partial charge in [-0.05, 0) is 24.8 Å². The summed E-state index contributed by atoms with van der Waals surface area (Å²) in [5, 5.41) is 25.3. The van der Waals surface area contributed by atoms with Crippen LogP contribution in [0.5, 0.6) is 5.88 Å². The number of hydrogen-bond acceptors (Lipinski definition) is 7. The lowest BCUT2D eigenvalue weighted by Gasteiger charge is -2.15. The highest BCUT2D eigenvalue weighted by Crippen LogP contribution is 2.23. The van der Waals surface area contributed by atoms with Crippen molar-refractivity contribution >= 4 is 23.7 Å². The van der Waals surface area contributed by atoms with Gasteiger partial charge < -0.3 is 14.8 Å². The zero-order valence-corrected chi connectivity index (χ0v) is 16.4. The summed E-state index contributed by atoms with van der Waals surface area (Å²) in [6.07, 6.45) is 6.54. The molecule has 1 fully saturated rings. The van der Waals surface area contributed by atoms with Crippen molar-refractivity contribution in [2.75, 3.05) is 0 Å². The first-order valence-electron chi connectivity index (χ1n) is 9.47. The second-order valence-corrected chi connectivity index (χ2v) is 7.58. The zero-order valence-electron chi connectivity index (χ0n) is 16.4. The Labute approximate surface area is 165 Å². The van der Waals surface area contributed by atoms with Crippen molar-refractivity contribution in [2.24, 2.45) is 5.92 Å². The number of nitrogens with zero attached hydrogens (tertiary/aromatic N) is 5. The molecule has 10 nitrogen and oxygen atoms in total. The average Bonchev–Trinajstić information content (AvgIpc) is 3.20. The Hall–Kier alpha value is -3.43. The maximum absolute atomic E-state index is 13.1. The second kappa shape index (κ2) is 7.19. The van der Waals surface area contributed by atoms with Crippen LogP contribution in [-0.4, -0.2) is 41.4 Å². The van der Waals surface area contributed by atoms with Crippen molar-refractivity contribution < 1.29 is 14.3 Å². The van der Waals surface area contributed by atoms with Crippen LogP contribution in [0.1, 0.15) is 54.4 Å². The van der Waals surface area contributed by atoms with Crippen LogP contribution in [0, 0.1) is 12.8 Å². The molecule has 1 aliphatic rings. The minimum Gasteiger partial charge on any atom is -0.492 e. The summed E-state index contributed by atoms with van der Waals surface area (Å²) in [7, 11) is 0. The Morgan fingerprint density at radius 2 is 2.14 bits per heavy atom. The number of hydrogen-bond donors (Lipinski definition) is 2. The molecular weight excluding hydrogens is 376 g/mol. The van der Waals surface area contributed by atoms with Gasteiger partial charge in [0.1, 0.15) is 5.65 Å². The van der Waals surface area contributed by atoms with Gasteiger partial charge in [-0.1, -0.05) is 13.8 Å². The van der Waals surface area contributed by atoms with Gasteiger partial charge in [0.15, 0.2) is 5.56 Å². The fourth-order valence-corrected chi connectivity index (χ4v) is 3.09. The Morgan fingerprint density at radius 3 is 2.76 bits per heavy atom. The van der Waals surface area contributed by atoms with Crippen molar-refractivity contribution in [1.29, 1.82) is 0 Å². The van der Waals surface area contributed by atoms with Crippen molar-refractivity contribution in [2.45, 2.75) is 46.2 Å². The third-order valence-electron chi connectivity index (χ3n) is 4.54. The Morgan fingerprint density at radius 1 is 1.38 bits per heavy atom. The first-order valence-corrected chi connectivity index (χ1v) is 9.47. The molecule has 0 spiro atoms. The highest BCUT2D eigenvalue weighted by Gasteiger charge is 2.29. The van der Waals surface area contributed by atoms with E-state index in [2.05, 4.69) is 20.6 Å². The Bertz CT molecular complexity index is 1170. The van der Waals surface area contributed by atoms with Gasteiger partial charge in [-0.3, -0.25) is 14.2 Å². The number of carbonyl (C=O) groups is 1. The van der Waals surface area contributed by atoms with Gasteiger partial charge in [0, 0.05) is 31.1 Å². The second-order valence-electron chi connectivity index (χ2n) is 7.58. The Balaban J connectivity index is 1.86. The summed E-state index contributed by atoms with van der Waals surface area (Å²) in [5.41, 5.74) is 0.113. The number of aromatic nitrogens is 5. The minimum atomic E-state index is -0.580. The number of amides is 1. The van der Waals surface area contributed by atoms with Crippen LogP contribution in [-0.2, 0) is 6.54 Å². The lowest BCUT2D eigenvalue weighted by atomic mass is 10.2. The topological polar surface area (TPSA) is 128 Å². The van der Waals surface area contributed by atoms with E-state index in [1.54, 1.807) is 19.1 Å². The molecule has 0 saturated heterocycles. The van der Waals surface area contributed by atoms with Crippen LogP contribution < -0.4 is 10.9 Å². The molecule has 10 heteroatoms. The lowest BCUT2D eigenvalue weighted by Crippen LogP contribution is -2.36. The molecule has 3 heterocycles. The largest absolute Gasteiger partial charge is 0.492 e. The van der Waals surface area contributed by atoms with Gasteiger partial charge in [0.2, 0.25) is 17.7 Å². The molecule has 29 heavy (non-hydrogen) atoms. The van der Waals surface area contributed by atoms with E-state index in [4.69, 9.17) is 4.42 Å². The van der Waals surface area contributed by atoms with E-state index in [1.165, 1.54) is 15.3 Å². The average molecular weight is 398 g/mol. The van der Waals surface area contributed by atoms with Gasteiger partial charge in [-0.25, -0.2) is 0 Å². The molecule has 0 bridgehead atoms. The van der Waals surface area contributed by atoms with Crippen LogP contribution in [0.2, 0.25) is 0 Å². The summed E-state index contributed by atoms with van der Waals surface area (Å²) in [6, 6.07) is 0.0597. The molecule has 0 atom stereocenters. The van der Waals surface area contributed by atoms with Crippen molar-refractivity contribution in [3.63, 3.8) is 0 Å². The summed E-state index contributed by atoms with van der Waals surface area (Å²) in [4.78, 5) is 25.7. The molecule has 4 rings (SSSR count). The van der Waals surface area contributed by atoms with E-state index in [0.717, 1.165) is 12.8 Å². The van der Waals surface area contributed by atoms with Crippen molar-refractivity contribution in [3.05, 3.63) is 39.5 Å². The van der Waals surface area contributed by atoms with E-state index in [9.17, 15) is 14.7 Å². The molecule has 1 saturated carbocycles. The molecule has 2 N–H and O–H groups in total. The predicted octanol–water partition coefficient (Wildman–Crippen LogP) is 1.61. The number of aromatic hydroxyl groups is 1. The number of carbonyl (C=O) groups excluding carboxylic acids is 1. The summed E-state index contributed by atoms with van der Waals surface area (Å²) in [6.45, 7) is 5.98. The third kappa shape index (κ3) is 3.65. The Kier molecular flexibility index (Phi) is 4.69. The smallest absolute Gasteiger partial charge is 0.270 e. The molecule has 1 amide bonds. The zero-order chi connectivity index (χ0) is 20.7. The first-order chi connectivity index (χ1) is 13.8. The van der Waals surface area contributed by atoms with Crippen LogP contribution >= 0.6 is 0 Å². The van der Waals surface area contributed by atoms with E-state index in [-0.39, 0.29) is 17.5 Å². The van der Waals surface area contributed by atoms with Gasteiger partial charge in [0.25, 0.3) is 11.5 Å². The number of nitrogens with one attached hydrogen (secondary N) is 1.